The Balaban J connectivity index is 2.99. The lowest BCUT2D eigenvalue weighted by Crippen LogP contribution is -1.94. The number of benzene rings is 1. The van der Waals surface area contributed by atoms with Crippen LogP contribution in [-0.2, 0) is 6.42 Å². The molecule has 0 saturated carbocycles. The van der Waals surface area contributed by atoms with E-state index in [1.165, 1.54) is 20.9 Å². The number of hydrogen-bond donors (Lipinski definition) is 1. The van der Waals surface area contributed by atoms with Gasteiger partial charge in [-0.25, -0.2) is 0 Å². The molecule has 0 bridgehead atoms. The van der Waals surface area contributed by atoms with Gasteiger partial charge in [0.15, 0.2) is 0 Å². The summed E-state index contributed by atoms with van der Waals surface area (Å²) in [5, 5.41) is 8.86. The van der Waals surface area contributed by atoms with Gasteiger partial charge in [0, 0.05) is 16.4 Å². The Hall–Kier alpha value is -0.120. The molecule has 15 heavy (non-hydrogen) atoms. The highest BCUT2D eigenvalue weighted by Gasteiger charge is 2.06. The summed E-state index contributed by atoms with van der Waals surface area (Å²) < 4.78 is 0. The van der Waals surface area contributed by atoms with Crippen molar-refractivity contribution in [1.82, 2.24) is 0 Å². The van der Waals surface area contributed by atoms with Crippen LogP contribution >= 0.6 is 23.5 Å². The van der Waals surface area contributed by atoms with Crippen molar-refractivity contribution < 1.29 is 5.11 Å². The molecule has 0 unspecified atom stereocenters. The van der Waals surface area contributed by atoms with Gasteiger partial charge in [-0.15, -0.1) is 23.5 Å². The fourth-order valence-electron chi connectivity index (χ4n) is 1.58. The largest absolute Gasteiger partial charge is 0.396 e. The van der Waals surface area contributed by atoms with Gasteiger partial charge in [-0.1, -0.05) is 0 Å². The Morgan fingerprint density at radius 2 is 1.80 bits per heavy atom. The number of rotatable bonds is 5. The highest BCUT2D eigenvalue weighted by atomic mass is 32.2. The van der Waals surface area contributed by atoms with Gasteiger partial charge in [0.05, 0.1) is 0 Å². The van der Waals surface area contributed by atoms with Crippen LogP contribution in [0.5, 0.6) is 0 Å². The maximum atomic E-state index is 8.86. The number of aliphatic hydroxyl groups is 1. The van der Waals surface area contributed by atoms with Gasteiger partial charge < -0.3 is 5.11 Å². The first-order valence-corrected chi connectivity index (χ1v) is 7.50. The van der Waals surface area contributed by atoms with Gasteiger partial charge in [-0.05, 0) is 55.5 Å². The quantitative estimate of drug-likeness (QED) is 0.800. The first-order chi connectivity index (χ1) is 7.22. The van der Waals surface area contributed by atoms with E-state index in [0.29, 0.717) is 0 Å². The van der Waals surface area contributed by atoms with Crippen molar-refractivity contribution in [1.29, 1.82) is 0 Å². The van der Waals surface area contributed by atoms with E-state index in [0.717, 1.165) is 12.8 Å². The molecule has 0 amide bonds. The van der Waals surface area contributed by atoms with E-state index >= 15 is 0 Å². The lowest BCUT2D eigenvalue weighted by Gasteiger charge is -2.11. The Morgan fingerprint density at radius 1 is 1.13 bits per heavy atom. The first-order valence-electron chi connectivity index (χ1n) is 5.05. The number of aryl methyl sites for hydroxylation is 2. The molecule has 1 rings (SSSR count). The summed E-state index contributed by atoms with van der Waals surface area (Å²) in [6.45, 7) is 2.43. The lowest BCUT2D eigenvalue weighted by molar-refractivity contribution is 0.288. The number of hydrogen-bond acceptors (Lipinski definition) is 3. The van der Waals surface area contributed by atoms with Gasteiger partial charge in [-0.2, -0.15) is 0 Å². The predicted octanol–water partition coefficient (Wildman–Crippen LogP) is 3.36. The van der Waals surface area contributed by atoms with Crippen LogP contribution in [0.3, 0.4) is 0 Å². The fraction of sp³-hybridized carbons (Fsp3) is 0.500. The van der Waals surface area contributed by atoms with Crippen LogP contribution < -0.4 is 0 Å². The van der Waals surface area contributed by atoms with Crippen LogP contribution in [0.2, 0.25) is 0 Å². The van der Waals surface area contributed by atoms with Gasteiger partial charge >= 0.3 is 0 Å². The smallest absolute Gasteiger partial charge is 0.0434 e. The van der Waals surface area contributed by atoms with E-state index in [1.54, 1.807) is 23.5 Å². The zero-order chi connectivity index (χ0) is 11.3. The topological polar surface area (TPSA) is 20.2 Å². The fourth-order valence-corrected chi connectivity index (χ4v) is 2.94. The molecule has 0 fully saturated rings. The standard InChI is InChI=1S/C12H18OS2/c1-9-7-12(15-3)10(5-4-6-13)8-11(9)14-2/h7-8,13H,4-6H2,1-3H3. The van der Waals surface area contributed by atoms with Crippen LogP contribution in [0.4, 0.5) is 0 Å². The van der Waals surface area contributed by atoms with Gasteiger partial charge in [0.1, 0.15) is 0 Å². The molecule has 0 atom stereocenters. The summed E-state index contributed by atoms with van der Waals surface area (Å²) >= 11 is 3.58. The third-order valence-electron chi connectivity index (χ3n) is 2.40. The van der Waals surface area contributed by atoms with Gasteiger partial charge in [0.25, 0.3) is 0 Å². The molecule has 0 heterocycles. The van der Waals surface area contributed by atoms with Crippen LogP contribution in [0.25, 0.3) is 0 Å². The summed E-state index contributed by atoms with van der Waals surface area (Å²) in [6, 6.07) is 4.52. The highest BCUT2D eigenvalue weighted by molar-refractivity contribution is 7.99. The Bertz CT molecular complexity index is 324. The second-order valence-corrected chi connectivity index (χ2v) is 5.16. The maximum absolute atomic E-state index is 8.86. The van der Waals surface area contributed by atoms with E-state index in [9.17, 15) is 0 Å². The molecule has 0 aliphatic carbocycles. The number of aliphatic hydroxyl groups excluding tert-OH is 1. The third-order valence-corrected chi connectivity index (χ3v) is 4.10. The number of thioether (sulfide) groups is 2. The van der Waals surface area contributed by atoms with Crippen molar-refractivity contribution in [3.8, 4) is 0 Å². The Morgan fingerprint density at radius 3 is 2.33 bits per heavy atom. The molecule has 0 aromatic heterocycles. The van der Waals surface area contributed by atoms with Crippen LogP contribution in [0.15, 0.2) is 21.9 Å². The SMILES string of the molecule is CSc1cc(CCCO)c(SC)cc1C. The minimum atomic E-state index is 0.274. The monoisotopic (exact) mass is 242 g/mol. The molecule has 0 spiro atoms. The van der Waals surface area contributed by atoms with Crippen molar-refractivity contribution in [2.45, 2.75) is 29.6 Å². The van der Waals surface area contributed by atoms with E-state index in [2.05, 4.69) is 31.6 Å². The zero-order valence-electron chi connectivity index (χ0n) is 9.54. The molecular formula is C12H18OS2. The average Bonchev–Trinajstić information content (AvgIpc) is 2.26. The molecule has 0 saturated heterocycles. The van der Waals surface area contributed by atoms with Gasteiger partial charge in [-0.3, -0.25) is 0 Å². The maximum Gasteiger partial charge on any atom is 0.0434 e. The highest BCUT2D eigenvalue weighted by Crippen LogP contribution is 2.29. The van der Waals surface area contributed by atoms with Crippen molar-refractivity contribution in [3.05, 3.63) is 23.3 Å². The summed E-state index contributed by atoms with van der Waals surface area (Å²) in [4.78, 5) is 2.69. The van der Waals surface area contributed by atoms with Crippen molar-refractivity contribution >= 4 is 23.5 Å². The zero-order valence-corrected chi connectivity index (χ0v) is 11.2. The van der Waals surface area contributed by atoms with Crippen LogP contribution in [0, 0.1) is 6.92 Å². The summed E-state index contributed by atoms with van der Waals surface area (Å²) in [7, 11) is 0. The van der Waals surface area contributed by atoms with Gasteiger partial charge in [0.2, 0.25) is 0 Å². The third kappa shape index (κ3) is 3.44. The normalized spacial score (nSPS) is 10.7. The summed E-state index contributed by atoms with van der Waals surface area (Å²) in [5.41, 5.74) is 2.71. The van der Waals surface area contributed by atoms with E-state index in [4.69, 9.17) is 5.11 Å². The minimum Gasteiger partial charge on any atom is -0.396 e. The summed E-state index contributed by atoms with van der Waals surface area (Å²) in [6.07, 6.45) is 6.04. The van der Waals surface area contributed by atoms with Crippen molar-refractivity contribution in [2.75, 3.05) is 19.1 Å². The molecule has 3 heteroatoms. The second-order valence-electron chi connectivity index (χ2n) is 3.46. The van der Waals surface area contributed by atoms with Crippen molar-refractivity contribution in [2.24, 2.45) is 0 Å². The minimum absolute atomic E-state index is 0.274. The van der Waals surface area contributed by atoms with Crippen molar-refractivity contribution in [3.63, 3.8) is 0 Å². The molecule has 0 radical (unpaired) electrons. The predicted molar refractivity (Wildman–Crippen MR) is 70.1 cm³/mol. The molecular weight excluding hydrogens is 224 g/mol. The van der Waals surface area contributed by atoms with E-state index in [1.807, 2.05) is 0 Å². The molecule has 1 nitrogen and oxygen atoms in total. The average molecular weight is 242 g/mol. The Kier molecular flexibility index (Phi) is 5.58. The van der Waals surface area contributed by atoms with E-state index in [-0.39, 0.29) is 6.61 Å². The lowest BCUT2D eigenvalue weighted by atomic mass is 10.1. The molecule has 84 valence electrons. The molecule has 0 aliphatic rings. The summed E-state index contributed by atoms with van der Waals surface area (Å²) in [5.74, 6) is 0. The first kappa shape index (κ1) is 12.9. The molecule has 1 aromatic carbocycles. The Labute approximate surface area is 101 Å². The molecule has 1 N–H and O–H groups in total. The second kappa shape index (κ2) is 6.46. The van der Waals surface area contributed by atoms with E-state index < -0.39 is 0 Å². The van der Waals surface area contributed by atoms with Crippen LogP contribution in [-0.4, -0.2) is 24.2 Å². The van der Waals surface area contributed by atoms with Crippen LogP contribution in [0.1, 0.15) is 17.5 Å². The molecule has 1 aromatic rings. The molecule has 0 aliphatic heterocycles.